The van der Waals surface area contributed by atoms with E-state index in [-0.39, 0.29) is 0 Å². The minimum atomic E-state index is 0.401. The number of hydrogen-bond acceptors (Lipinski definition) is 2. The van der Waals surface area contributed by atoms with Gasteiger partial charge in [0.15, 0.2) is 0 Å². The van der Waals surface area contributed by atoms with Gasteiger partial charge in [-0.2, -0.15) is 0 Å². The molecule has 1 aromatic rings. The van der Waals surface area contributed by atoms with Gasteiger partial charge in [-0.05, 0) is 38.7 Å². The molecule has 0 unspecified atom stereocenters. The van der Waals surface area contributed by atoms with Crippen LogP contribution in [0, 0.1) is 6.92 Å². The zero-order valence-electron chi connectivity index (χ0n) is 8.70. The van der Waals surface area contributed by atoms with Crippen LogP contribution >= 0.6 is 0 Å². The van der Waals surface area contributed by atoms with Crippen molar-refractivity contribution in [2.45, 2.75) is 45.1 Å². The first-order chi connectivity index (χ1) is 6.84. The molecule has 1 fully saturated rings. The first-order valence-electron chi connectivity index (χ1n) is 5.45. The quantitative estimate of drug-likeness (QED) is 0.716. The van der Waals surface area contributed by atoms with Crippen molar-refractivity contribution >= 4 is 0 Å². The number of aryl methyl sites for hydroxylation is 1. The van der Waals surface area contributed by atoms with Crippen molar-refractivity contribution < 1.29 is 4.74 Å². The van der Waals surface area contributed by atoms with Crippen molar-refractivity contribution in [3.8, 4) is 5.88 Å². The van der Waals surface area contributed by atoms with Gasteiger partial charge in [0.25, 0.3) is 0 Å². The number of pyridine rings is 1. The molecule has 2 heteroatoms. The fourth-order valence-corrected chi connectivity index (χ4v) is 1.94. The van der Waals surface area contributed by atoms with Gasteiger partial charge >= 0.3 is 0 Å². The average molecular weight is 191 g/mol. The zero-order chi connectivity index (χ0) is 9.80. The van der Waals surface area contributed by atoms with E-state index in [1.54, 1.807) is 0 Å². The largest absolute Gasteiger partial charge is 0.474 e. The van der Waals surface area contributed by atoms with Gasteiger partial charge in [0.05, 0.1) is 0 Å². The number of hydrogen-bond donors (Lipinski definition) is 0. The molecule has 0 atom stereocenters. The summed E-state index contributed by atoms with van der Waals surface area (Å²) in [5, 5.41) is 0. The lowest BCUT2D eigenvalue weighted by molar-refractivity contribution is 0.148. The van der Waals surface area contributed by atoms with Gasteiger partial charge in [-0.1, -0.05) is 12.5 Å². The molecular formula is C12H17NO. The Morgan fingerprint density at radius 1 is 1.21 bits per heavy atom. The fraction of sp³-hybridized carbons (Fsp3) is 0.583. The second-order valence-corrected chi connectivity index (χ2v) is 4.00. The SMILES string of the molecule is Cc1cccc(OC2CCCCC2)n1. The summed E-state index contributed by atoms with van der Waals surface area (Å²) in [5.41, 5.74) is 1.03. The van der Waals surface area contributed by atoms with Crippen LogP contribution in [-0.2, 0) is 0 Å². The predicted octanol–water partition coefficient (Wildman–Crippen LogP) is 3.10. The molecule has 1 aliphatic rings. The van der Waals surface area contributed by atoms with E-state index in [0.717, 1.165) is 11.6 Å². The number of ether oxygens (including phenoxy) is 1. The van der Waals surface area contributed by atoms with Gasteiger partial charge in [0.1, 0.15) is 6.10 Å². The van der Waals surface area contributed by atoms with Crippen molar-refractivity contribution in [3.05, 3.63) is 23.9 Å². The van der Waals surface area contributed by atoms with Crippen LogP contribution in [0.4, 0.5) is 0 Å². The van der Waals surface area contributed by atoms with E-state index >= 15 is 0 Å². The lowest BCUT2D eigenvalue weighted by Crippen LogP contribution is -2.20. The normalized spacial score (nSPS) is 18.1. The van der Waals surface area contributed by atoms with Gasteiger partial charge in [-0.3, -0.25) is 0 Å². The van der Waals surface area contributed by atoms with Crippen molar-refractivity contribution in [2.24, 2.45) is 0 Å². The van der Waals surface area contributed by atoms with E-state index in [1.807, 2.05) is 25.1 Å². The molecule has 0 saturated heterocycles. The molecule has 0 spiro atoms. The fourth-order valence-electron chi connectivity index (χ4n) is 1.94. The second kappa shape index (κ2) is 4.45. The summed E-state index contributed by atoms with van der Waals surface area (Å²) in [4.78, 5) is 4.35. The van der Waals surface area contributed by atoms with E-state index in [1.165, 1.54) is 32.1 Å². The molecule has 0 aliphatic heterocycles. The molecular weight excluding hydrogens is 174 g/mol. The minimum absolute atomic E-state index is 0.401. The van der Waals surface area contributed by atoms with Crippen LogP contribution in [-0.4, -0.2) is 11.1 Å². The van der Waals surface area contributed by atoms with Crippen LogP contribution in [0.3, 0.4) is 0 Å². The molecule has 2 nitrogen and oxygen atoms in total. The van der Waals surface area contributed by atoms with Crippen molar-refractivity contribution in [3.63, 3.8) is 0 Å². The number of nitrogens with zero attached hydrogens (tertiary/aromatic N) is 1. The lowest BCUT2D eigenvalue weighted by atomic mass is 9.98. The summed E-state index contributed by atoms with van der Waals surface area (Å²) in [6.45, 7) is 1.99. The van der Waals surface area contributed by atoms with Crippen molar-refractivity contribution in [1.29, 1.82) is 0 Å². The van der Waals surface area contributed by atoms with Crippen LogP contribution in [0.5, 0.6) is 5.88 Å². The molecule has 0 N–H and O–H groups in total. The average Bonchev–Trinajstić information content (AvgIpc) is 2.19. The molecule has 14 heavy (non-hydrogen) atoms. The number of aromatic nitrogens is 1. The molecule has 0 bridgehead atoms. The highest BCUT2D eigenvalue weighted by Gasteiger charge is 2.14. The maximum atomic E-state index is 5.82. The maximum absolute atomic E-state index is 5.82. The van der Waals surface area contributed by atoms with Gasteiger partial charge in [-0.15, -0.1) is 0 Å². The van der Waals surface area contributed by atoms with Crippen LogP contribution < -0.4 is 4.74 Å². The third-order valence-electron chi connectivity index (χ3n) is 2.70. The van der Waals surface area contributed by atoms with Crippen LogP contribution in [0.1, 0.15) is 37.8 Å². The lowest BCUT2D eigenvalue weighted by Gasteiger charge is -2.22. The summed E-state index contributed by atoms with van der Waals surface area (Å²) in [6.07, 6.45) is 6.75. The predicted molar refractivity (Wildman–Crippen MR) is 56.5 cm³/mol. The Hall–Kier alpha value is -1.05. The Bertz CT molecular complexity index is 292. The summed E-state index contributed by atoms with van der Waals surface area (Å²) in [5.74, 6) is 0.789. The van der Waals surface area contributed by atoms with Crippen molar-refractivity contribution in [2.75, 3.05) is 0 Å². The smallest absolute Gasteiger partial charge is 0.213 e. The van der Waals surface area contributed by atoms with Crippen molar-refractivity contribution in [1.82, 2.24) is 4.98 Å². The molecule has 1 aromatic heterocycles. The standard InChI is InChI=1S/C12H17NO/c1-10-6-5-9-12(13-10)14-11-7-3-2-4-8-11/h5-6,9,11H,2-4,7-8H2,1H3. The minimum Gasteiger partial charge on any atom is -0.474 e. The molecule has 76 valence electrons. The Morgan fingerprint density at radius 3 is 2.71 bits per heavy atom. The van der Waals surface area contributed by atoms with Crippen LogP contribution in [0.15, 0.2) is 18.2 Å². The highest BCUT2D eigenvalue weighted by atomic mass is 16.5. The van der Waals surface area contributed by atoms with E-state index in [2.05, 4.69) is 4.98 Å². The highest BCUT2D eigenvalue weighted by molar-refractivity contribution is 5.14. The summed E-state index contributed by atoms with van der Waals surface area (Å²) in [7, 11) is 0. The number of rotatable bonds is 2. The van der Waals surface area contributed by atoms with Gasteiger partial charge in [0, 0.05) is 11.8 Å². The van der Waals surface area contributed by atoms with Gasteiger partial charge in [-0.25, -0.2) is 4.98 Å². The molecule has 0 radical (unpaired) electrons. The Labute approximate surface area is 85.3 Å². The zero-order valence-corrected chi connectivity index (χ0v) is 8.70. The second-order valence-electron chi connectivity index (χ2n) is 4.00. The molecule has 0 aromatic carbocycles. The summed E-state index contributed by atoms with van der Waals surface area (Å²) in [6, 6.07) is 5.94. The van der Waals surface area contributed by atoms with Gasteiger partial charge in [0.2, 0.25) is 5.88 Å². The third-order valence-corrected chi connectivity index (χ3v) is 2.70. The first-order valence-corrected chi connectivity index (χ1v) is 5.45. The Morgan fingerprint density at radius 2 is 2.00 bits per heavy atom. The van der Waals surface area contributed by atoms with Crippen LogP contribution in [0.2, 0.25) is 0 Å². The first kappa shape index (κ1) is 9.50. The molecule has 2 rings (SSSR count). The molecule has 0 amide bonds. The van der Waals surface area contributed by atoms with E-state index < -0.39 is 0 Å². The summed E-state index contributed by atoms with van der Waals surface area (Å²) < 4.78 is 5.82. The maximum Gasteiger partial charge on any atom is 0.213 e. The van der Waals surface area contributed by atoms with E-state index in [9.17, 15) is 0 Å². The Kier molecular flexibility index (Phi) is 3.02. The third kappa shape index (κ3) is 2.47. The van der Waals surface area contributed by atoms with Crippen LogP contribution in [0.25, 0.3) is 0 Å². The monoisotopic (exact) mass is 191 g/mol. The molecule has 1 saturated carbocycles. The van der Waals surface area contributed by atoms with E-state index in [0.29, 0.717) is 6.10 Å². The Balaban J connectivity index is 1.95. The van der Waals surface area contributed by atoms with E-state index in [4.69, 9.17) is 4.74 Å². The van der Waals surface area contributed by atoms with Gasteiger partial charge < -0.3 is 4.74 Å². The highest BCUT2D eigenvalue weighted by Crippen LogP contribution is 2.22. The topological polar surface area (TPSA) is 22.1 Å². The molecule has 1 heterocycles. The summed E-state index contributed by atoms with van der Waals surface area (Å²) >= 11 is 0. The molecule has 1 aliphatic carbocycles.